The second kappa shape index (κ2) is 6.54. The van der Waals surface area contributed by atoms with Gasteiger partial charge < -0.3 is 16.0 Å². The number of carbonyl (C=O) groups is 1. The van der Waals surface area contributed by atoms with Crippen LogP contribution in [-0.2, 0) is 0 Å². The third-order valence-corrected chi connectivity index (χ3v) is 3.85. The minimum absolute atomic E-state index is 0.0564. The number of hydrogen-bond donors (Lipinski definition) is 2. The van der Waals surface area contributed by atoms with Crippen LogP contribution in [0.3, 0.4) is 0 Å². The van der Waals surface area contributed by atoms with Crippen molar-refractivity contribution in [1.29, 1.82) is 0 Å². The highest BCUT2D eigenvalue weighted by molar-refractivity contribution is 7.98. The van der Waals surface area contributed by atoms with E-state index in [2.05, 4.69) is 5.32 Å². The van der Waals surface area contributed by atoms with Crippen LogP contribution in [0.15, 0.2) is 47.4 Å². The maximum absolute atomic E-state index is 12.3. The molecule has 0 saturated carbocycles. The molecule has 1 amide bonds. The van der Waals surface area contributed by atoms with E-state index in [1.165, 1.54) is 0 Å². The lowest BCUT2D eigenvalue weighted by atomic mass is 10.1. The first-order valence-corrected chi connectivity index (χ1v) is 7.76. The maximum atomic E-state index is 12.3. The largest absolute Gasteiger partial charge is 0.399 e. The van der Waals surface area contributed by atoms with Crippen LogP contribution in [0.25, 0.3) is 0 Å². The molecule has 0 unspecified atom stereocenters. The first kappa shape index (κ1) is 15.3. The van der Waals surface area contributed by atoms with E-state index in [0.717, 1.165) is 16.3 Å². The van der Waals surface area contributed by atoms with Crippen LogP contribution >= 0.6 is 11.8 Å². The molecule has 2 aromatic carbocycles. The van der Waals surface area contributed by atoms with E-state index < -0.39 is 0 Å². The van der Waals surface area contributed by atoms with Gasteiger partial charge in [0, 0.05) is 24.7 Å². The zero-order valence-corrected chi connectivity index (χ0v) is 13.2. The second-order valence-electron chi connectivity index (χ2n) is 4.83. The van der Waals surface area contributed by atoms with Gasteiger partial charge in [-0.3, -0.25) is 4.79 Å². The molecule has 0 atom stereocenters. The molecule has 0 radical (unpaired) electrons. The zero-order chi connectivity index (χ0) is 15.4. The van der Waals surface area contributed by atoms with Crippen LogP contribution in [-0.4, -0.2) is 31.2 Å². The monoisotopic (exact) mass is 301 g/mol. The highest BCUT2D eigenvalue weighted by Gasteiger charge is 2.14. The first-order valence-electron chi connectivity index (χ1n) is 6.54. The Labute approximate surface area is 129 Å². The minimum Gasteiger partial charge on any atom is -0.399 e. The molecule has 2 aromatic rings. The van der Waals surface area contributed by atoms with Crippen molar-refractivity contribution in [3.05, 3.63) is 48.0 Å². The molecule has 0 saturated heterocycles. The van der Waals surface area contributed by atoms with Gasteiger partial charge in [-0.1, -0.05) is 12.1 Å². The molecule has 0 aliphatic rings. The molecule has 0 spiro atoms. The summed E-state index contributed by atoms with van der Waals surface area (Å²) in [6.07, 6.45) is 2.02. The number of rotatable bonds is 4. The Bertz CT molecular complexity index is 656. The summed E-state index contributed by atoms with van der Waals surface area (Å²) in [6.45, 7) is 0. The van der Waals surface area contributed by atoms with Crippen LogP contribution in [0.1, 0.15) is 10.4 Å². The number of nitrogens with one attached hydrogen (secondary N) is 1. The van der Waals surface area contributed by atoms with Gasteiger partial charge in [0.25, 0.3) is 5.91 Å². The minimum atomic E-state index is -0.0564. The summed E-state index contributed by atoms with van der Waals surface area (Å²) in [5, 5.41) is 3.32. The summed E-state index contributed by atoms with van der Waals surface area (Å²) in [5.41, 5.74) is 8.76. The van der Waals surface area contributed by atoms with Crippen molar-refractivity contribution in [2.75, 3.05) is 31.4 Å². The molecule has 2 rings (SSSR count). The number of nitrogen functional groups attached to an aromatic ring is 1. The van der Waals surface area contributed by atoms with Crippen molar-refractivity contribution >= 4 is 34.7 Å². The first-order chi connectivity index (χ1) is 10.0. The lowest BCUT2D eigenvalue weighted by molar-refractivity contribution is 0.0828. The van der Waals surface area contributed by atoms with Gasteiger partial charge in [-0.15, -0.1) is 11.8 Å². The summed E-state index contributed by atoms with van der Waals surface area (Å²) in [6, 6.07) is 13.2. The lowest BCUT2D eigenvalue weighted by Gasteiger charge is -2.17. The fourth-order valence-corrected chi connectivity index (χ4v) is 2.54. The van der Waals surface area contributed by atoms with Gasteiger partial charge in [0.05, 0.1) is 16.9 Å². The second-order valence-corrected chi connectivity index (χ2v) is 5.68. The SMILES string of the molecule is CSc1ccccc1Nc1cc(N)ccc1C(=O)N(C)C. The molecular formula is C16H19N3OS. The van der Waals surface area contributed by atoms with Crippen molar-refractivity contribution in [3.63, 3.8) is 0 Å². The van der Waals surface area contributed by atoms with E-state index in [1.807, 2.05) is 30.5 Å². The van der Waals surface area contributed by atoms with Gasteiger partial charge in [0.2, 0.25) is 0 Å². The molecule has 0 aromatic heterocycles. The Morgan fingerprint density at radius 2 is 1.86 bits per heavy atom. The van der Waals surface area contributed by atoms with E-state index >= 15 is 0 Å². The Morgan fingerprint density at radius 3 is 2.52 bits per heavy atom. The molecule has 5 heteroatoms. The molecule has 0 aliphatic heterocycles. The highest BCUT2D eigenvalue weighted by atomic mass is 32.2. The van der Waals surface area contributed by atoms with Crippen LogP contribution in [0.5, 0.6) is 0 Å². The van der Waals surface area contributed by atoms with Crippen LogP contribution in [0, 0.1) is 0 Å². The summed E-state index contributed by atoms with van der Waals surface area (Å²) in [7, 11) is 3.47. The quantitative estimate of drug-likeness (QED) is 0.671. The third-order valence-electron chi connectivity index (χ3n) is 3.06. The van der Waals surface area contributed by atoms with Gasteiger partial charge >= 0.3 is 0 Å². The van der Waals surface area contributed by atoms with Gasteiger partial charge in [-0.25, -0.2) is 0 Å². The number of carbonyl (C=O) groups excluding carboxylic acids is 1. The van der Waals surface area contributed by atoms with E-state index in [9.17, 15) is 4.79 Å². The number of thioether (sulfide) groups is 1. The molecule has 3 N–H and O–H groups in total. The van der Waals surface area contributed by atoms with Crippen LogP contribution in [0.2, 0.25) is 0 Å². The van der Waals surface area contributed by atoms with E-state index in [-0.39, 0.29) is 5.91 Å². The summed E-state index contributed by atoms with van der Waals surface area (Å²) in [5.74, 6) is -0.0564. The fourth-order valence-electron chi connectivity index (χ4n) is 1.99. The van der Waals surface area contributed by atoms with Gasteiger partial charge in [0.15, 0.2) is 0 Å². The molecule has 110 valence electrons. The Morgan fingerprint density at radius 1 is 1.14 bits per heavy atom. The molecule has 0 bridgehead atoms. The number of hydrogen-bond acceptors (Lipinski definition) is 4. The maximum Gasteiger partial charge on any atom is 0.255 e. The smallest absolute Gasteiger partial charge is 0.255 e. The summed E-state index contributed by atoms with van der Waals surface area (Å²) >= 11 is 1.65. The van der Waals surface area contributed by atoms with Crippen molar-refractivity contribution in [2.24, 2.45) is 0 Å². The topological polar surface area (TPSA) is 58.4 Å². The number of benzene rings is 2. The van der Waals surface area contributed by atoms with Crippen molar-refractivity contribution in [3.8, 4) is 0 Å². The number of para-hydroxylation sites is 1. The standard InChI is InChI=1S/C16H19N3OS/c1-19(2)16(20)12-9-8-11(17)10-14(12)18-13-6-4-5-7-15(13)21-3/h4-10,18H,17H2,1-3H3. The van der Waals surface area contributed by atoms with Gasteiger partial charge in [-0.2, -0.15) is 0 Å². The van der Waals surface area contributed by atoms with Crippen LogP contribution < -0.4 is 11.1 Å². The Kier molecular flexibility index (Phi) is 4.75. The van der Waals surface area contributed by atoms with E-state index in [4.69, 9.17) is 5.73 Å². The van der Waals surface area contributed by atoms with Gasteiger partial charge in [-0.05, 0) is 36.6 Å². The Hall–Kier alpha value is -2.14. The van der Waals surface area contributed by atoms with Crippen molar-refractivity contribution in [1.82, 2.24) is 4.90 Å². The summed E-state index contributed by atoms with van der Waals surface area (Å²) in [4.78, 5) is 14.9. The van der Waals surface area contributed by atoms with Crippen LogP contribution in [0.4, 0.5) is 17.1 Å². The molecule has 4 nitrogen and oxygen atoms in total. The average molecular weight is 301 g/mol. The van der Waals surface area contributed by atoms with Crippen molar-refractivity contribution < 1.29 is 4.79 Å². The molecule has 0 heterocycles. The molecule has 21 heavy (non-hydrogen) atoms. The predicted octanol–water partition coefficient (Wildman–Crippen LogP) is 3.44. The predicted molar refractivity (Wildman–Crippen MR) is 90.4 cm³/mol. The number of nitrogens with zero attached hydrogens (tertiary/aromatic N) is 1. The van der Waals surface area contributed by atoms with Gasteiger partial charge in [0.1, 0.15) is 0 Å². The Balaban J connectivity index is 2.43. The number of anilines is 3. The average Bonchev–Trinajstić information content (AvgIpc) is 2.47. The van der Waals surface area contributed by atoms with E-state index in [0.29, 0.717) is 11.3 Å². The number of nitrogens with two attached hydrogens (primary N) is 1. The zero-order valence-electron chi connectivity index (χ0n) is 12.4. The fraction of sp³-hybridized carbons (Fsp3) is 0.188. The number of amides is 1. The highest BCUT2D eigenvalue weighted by Crippen LogP contribution is 2.30. The van der Waals surface area contributed by atoms with Crippen molar-refractivity contribution in [2.45, 2.75) is 4.90 Å². The van der Waals surface area contributed by atoms with E-state index in [1.54, 1.807) is 49.0 Å². The molecule has 0 fully saturated rings. The third kappa shape index (κ3) is 3.49. The molecule has 0 aliphatic carbocycles. The molecular weight excluding hydrogens is 282 g/mol. The lowest BCUT2D eigenvalue weighted by Crippen LogP contribution is -2.22. The summed E-state index contributed by atoms with van der Waals surface area (Å²) < 4.78 is 0. The normalized spacial score (nSPS) is 10.2.